The molecule has 1 amide bonds. The molecule has 1 saturated heterocycles. The van der Waals surface area contributed by atoms with Gasteiger partial charge in [0.15, 0.2) is 0 Å². The lowest BCUT2D eigenvalue weighted by molar-refractivity contribution is -0.124. The average Bonchev–Trinajstić information content (AvgIpc) is 2.33. The number of rotatable bonds is 2. The minimum Gasteiger partial charge on any atom is -0.381 e. The third-order valence-electron chi connectivity index (χ3n) is 3.09. The topological polar surface area (TPSA) is 77.2 Å². The van der Waals surface area contributed by atoms with Crippen molar-refractivity contribution in [1.82, 2.24) is 4.98 Å². The first-order valence-electron chi connectivity index (χ1n) is 5.71. The summed E-state index contributed by atoms with van der Waals surface area (Å²) in [7, 11) is 0. The van der Waals surface area contributed by atoms with Crippen LogP contribution in [-0.4, -0.2) is 29.6 Å². The van der Waals surface area contributed by atoms with E-state index in [-0.39, 0.29) is 5.91 Å². The zero-order valence-electron chi connectivity index (χ0n) is 9.90. The number of nitrogens with one attached hydrogen (secondary N) is 1. The molecule has 0 spiro atoms. The molecule has 1 aromatic rings. The van der Waals surface area contributed by atoms with Crippen LogP contribution >= 0.6 is 0 Å². The molecule has 1 aliphatic heterocycles. The van der Waals surface area contributed by atoms with Gasteiger partial charge in [0.05, 0.1) is 11.4 Å². The summed E-state index contributed by atoms with van der Waals surface area (Å²) >= 11 is 0. The predicted molar refractivity (Wildman–Crippen MR) is 64.6 cm³/mol. The SMILES string of the molecule is Cc1ncccc1NC(=O)C1(N)CCOCC1. The number of hydrogen-bond donors (Lipinski definition) is 2. The first-order valence-corrected chi connectivity index (χ1v) is 5.71. The lowest BCUT2D eigenvalue weighted by atomic mass is 9.90. The van der Waals surface area contributed by atoms with Crippen molar-refractivity contribution in [2.75, 3.05) is 18.5 Å². The Labute approximate surface area is 100 Å². The van der Waals surface area contributed by atoms with Gasteiger partial charge in [-0.25, -0.2) is 0 Å². The number of hydrogen-bond acceptors (Lipinski definition) is 4. The van der Waals surface area contributed by atoms with Gasteiger partial charge in [0, 0.05) is 19.4 Å². The van der Waals surface area contributed by atoms with Crippen molar-refractivity contribution in [2.24, 2.45) is 5.73 Å². The molecule has 3 N–H and O–H groups in total. The molecule has 0 radical (unpaired) electrons. The van der Waals surface area contributed by atoms with Crippen LogP contribution in [0.2, 0.25) is 0 Å². The Morgan fingerprint density at radius 3 is 2.88 bits per heavy atom. The molecule has 2 heterocycles. The molecule has 0 aromatic carbocycles. The predicted octanol–water partition coefficient (Wildman–Crippen LogP) is 0.836. The molecule has 5 heteroatoms. The molecule has 1 fully saturated rings. The molecule has 5 nitrogen and oxygen atoms in total. The Balaban J connectivity index is 2.08. The molecular formula is C12H17N3O2. The number of anilines is 1. The largest absolute Gasteiger partial charge is 0.381 e. The standard InChI is InChI=1S/C12H17N3O2/c1-9-10(3-2-6-14-9)15-11(16)12(13)4-7-17-8-5-12/h2-3,6H,4-5,7-8,13H2,1H3,(H,15,16). The molecule has 0 aliphatic carbocycles. The first-order chi connectivity index (χ1) is 8.12. The number of carbonyl (C=O) groups is 1. The maximum atomic E-state index is 12.1. The highest BCUT2D eigenvalue weighted by molar-refractivity contribution is 5.98. The Hall–Kier alpha value is -1.46. The molecule has 0 atom stereocenters. The minimum absolute atomic E-state index is 0.156. The summed E-state index contributed by atoms with van der Waals surface area (Å²) in [6.07, 6.45) is 2.80. The molecule has 0 saturated carbocycles. The maximum Gasteiger partial charge on any atom is 0.244 e. The molecule has 17 heavy (non-hydrogen) atoms. The third kappa shape index (κ3) is 2.62. The normalized spacial score (nSPS) is 18.7. The molecule has 1 aromatic heterocycles. The van der Waals surface area contributed by atoms with Crippen LogP contribution in [0.4, 0.5) is 5.69 Å². The molecule has 0 bridgehead atoms. The van der Waals surface area contributed by atoms with Gasteiger partial charge >= 0.3 is 0 Å². The highest BCUT2D eigenvalue weighted by Gasteiger charge is 2.36. The summed E-state index contributed by atoms with van der Waals surface area (Å²) < 4.78 is 5.22. The van der Waals surface area contributed by atoms with Gasteiger partial charge in [-0.15, -0.1) is 0 Å². The Bertz CT molecular complexity index is 414. The van der Waals surface area contributed by atoms with Crippen molar-refractivity contribution in [1.29, 1.82) is 0 Å². The summed E-state index contributed by atoms with van der Waals surface area (Å²) in [5.41, 5.74) is 6.77. The lowest BCUT2D eigenvalue weighted by Crippen LogP contribution is -2.54. The molecule has 2 rings (SSSR count). The van der Waals surface area contributed by atoms with Gasteiger partial charge in [-0.2, -0.15) is 0 Å². The maximum absolute atomic E-state index is 12.1. The molecule has 1 aliphatic rings. The van der Waals surface area contributed by atoms with Crippen LogP contribution < -0.4 is 11.1 Å². The fourth-order valence-electron chi connectivity index (χ4n) is 1.83. The number of nitrogens with two attached hydrogens (primary N) is 1. The first kappa shape index (κ1) is 12.0. The van der Waals surface area contributed by atoms with E-state index in [1.165, 1.54) is 0 Å². The van der Waals surface area contributed by atoms with E-state index in [2.05, 4.69) is 10.3 Å². The van der Waals surface area contributed by atoms with E-state index in [0.29, 0.717) is 31.7 Å². The van der Waals surface area contributed by atoms with E-state index >= 15 is 0 Å². The zero-order chi connectivity index (χ0) is 12.3. The van der Waals surface area contributed by atoms with Gasteiger partial charge < -0.3 is 15.8 Å². The average molecular weight is 235 g/mol. The fraction of sp³-hybridized carbons (Fsp3) is 0.500. The number of aromatic nitrogens is 1. The van der Waals surface area contributed by atoms with E-state index in [1.807, 2.05) is 13.0 Å². The second-order valence-electron chi connectivity index (χ2n) is 4.36. The summed E-state index contributed by atoms with van der Waals surface area (Å²) in [5, 5.41) is 2.84. The van der Waals surface area contributed by atoms with E-state index in [4.69, 9.17) is 10.5 Å². The summed E-state index contributed by atoms with van der Waals surface area (Å²) in [6, 6.07) is 3.61. The van der Waals surface area contributed by atoms with Gasteiger partial charge in [0.25, 0.3) is 0 Å². The van der Waals surface area contributed by atoms with E-state index in [9.17, 15) is 4.79 Å². The fourth-order valence-corrected chi connectivity index (χ4v) is 1.83. The van der Waals surface area contributed by atoms with Gasteiger partial charge in [0.2, 0.25) is 5.91 Å². The molecule has 0 unspecified atom stereocenters. The Morgan fingerprint density at radius 2 is 2.24 bits per heavy atom. The van der Waals surface area contributed by atoms with Gasteiger partial charge in [-0.3, -0.25) is 9.78 Å². The summed E-state index contributed by atoms with van der Waals surface area (Å²) in [6.45, 7) is 2.93. The smallest absolute Gasteiger partial charge is 0.244 e. The van der Waals surface area contributed by atoms with E-state index in [1.54, 1.807) is 12.3 Å². The van der Waals surface area contributed by atoms with Crippen LogP contribution in [-0.2, 0) is 9.53 Å². The van der Waals surface area contributed by atoms with Crippen molar-refractivity contribution < 1.29 is 9.53 Å². The number of amides is 1. The monoisotopic (exact) mass is 235 g/mol. The van der Waals surface area contributed by atoms with E-state index < -0.39 is 5.54 Å². The van der Waals surface area contributed by atoms with Gasteiger partial charge in [0.1, 0.15) is 5.54 Å². The quantitative estimate of drug-likeness (QED) is 0.796. The summed E-state index contributed by atoms with van der Waals surface area (Å²) in [4.78, 5) is 16.2. The summed E-state index contributed by atoms with van der Waals surface area (Å²) in [5.74, 6) is -0.156. The van der Waals surface area contributed by atoms with Crippen molar-refractivity contribution in [3.63, 3.8) is 0 Å². The van der Waals surface area contributed by atoms with Crippen molar-refractivity contribution in [3.8, 4) is 0 Å². The second kappa shape index (κ2) is 4.81. The van der Waals surface area contributed by atoms with Crippen LogP contribution in [0, 0.1) is 6.92 Å². The lowest BCUT2D eigenvalue weighted by Gasteiger charge is -2.31. The number of aryl methyl sites for hydroxylation is 1. The highest BCUT2D eigenvalue weighted by Crippen LogP contribution is 2.20. The minimum atomic E-state index is -0.819. The Kier molecular flexibility index (Phi) is 3.40. The number of carbonyl (C=O) groups excluding carboxylic acids is 1. The third-order valence-corrected chi connectivity index (χ3v) is 3.09. The highest BCUT2D eigenvalue weighted by atomic mass is 16.5. The van der Waals surface area contributed by atoms with Crippen molar-refractivity contribution in [3.05, 3.63) is 24.0 Å². The number of ether oxygens (including phenoxy) is 1. The van der Waals surface area contributed by atoms with Crippen LogP contribution in [0.25, 0.3) is 0 Å². The zero-order valence-corrected chi connectivity index (χ0v) is 9.90. The van der Waals surface area contributed by atoms with E-state index in [0.717, 1.165) is 5.69 Å². The van der Waals surface area contributed by atoms with Crippen molar-refractivity contribution in [2.45, 2.75) is 25.3 Å². The number of nitrogens with zero attached hydrogens (tertiary/aromatic N) is 1. The van der Waals surface area contributed by atoms with Crippen molar-refractivity contribution >= 4 is 11.6 Å². The van der Waals surface area contributed by atoms with Crippen LogP contribution in [0.15, 0.2) is 18.3 Å². The number of pyridine rings is 1. The van der Waals surface area contributed by atoms with Gasteiger partial charge in [-0.05, 0) is 31.9 Å². The van der Waals surface area contributed by atoms with Gasteiger partial charge in [-0.1, -0.05) is 0 Å². The second-order valence-corrected chi connectivity index (χ2v) is 4.36. The Morgan fingerprint density at radius 1 is 1.53 bits per heavy atom. The van der Waals surface area contributed by atoms with Crippen LogP contribution in [0.3, 0.4) is 0 Å². The van der Waals surface area contributed by atoms with Crippen LogP contribution in [0.1, 0.15) is 18.5 Å². The molecular weight excluding hydrogens is 218 g/mol. The van der Waals surface area contributed by atoms with Crippen LogP contribution in [0.5, 0.6) is 0 Å². The molecule has 92 valence electrons.